The van der Waals surface area contributed by atoms with Crippen LogP contribution in [0.3, 0.4) is 0 Å². The maximum absolute atomic E-state index is 10.3. The Labute approximate surface area is 127 Å². The molecule has 1 aliphatic heterocycles. The highest BCUT2D eigenvalue weighted by molar-refractivity contribution is 6.31. The van der Waals surface area contributed by atoms with E-state index in [1.54, 1.807) is 18.2 Å². The number of aliphatic hydroxyl groups excluding tert-OH is 1. The minimum Gasteiger partial charge on any atom is -0.485 e. The lowest BCUT2D eigenvalue weighted by atomic mass is 9.93. The molecule has 0 saturated heterocycles. The van der Waals surface area contributed by atoms with Gasteiger partial charge in [-0.1, -0.05) is 29.3 Å². The topological polar surface area (TPSA) is 29.5 Å². The minimum absolute atomic E-state index is 0.170. The molecule has 2 aromatic rings. The Bertz CT molecular complexity index is 655. The Morgan fingerprint density at radius 2 is 1.75 bits per heavy atom. The third-order valence-electron chi connectivity index (χ3n) is 3.62. The summed E-state index contributed by atoms with van der Waals surface area (Å²) in [6, 6.07) is 11.0. The molecule has 0 spiro atoms. The van der Waals surface area contributed by atoms with Gasteiger partial charge in [0.25, 0.3) is 0 Å². The van der Waals surface area contributed by atoms with E-state index in [1.165, 1.54) is 0 Å². The molecule has 0 aromatic heterocycles. The van der Waals surface area contributed by atoms with Crippen molar-refractivity contribution in [3.05, 3.63) is 63.1 Å². The predicted octanol–water partition coefficient (Wildman–Crippen LogP) is 4.86. The maximum atomic E-state index is 10.3. The molecular formula is C16H14Cl2O2. The van der Waals surface area contributed by atoms with Crippen molar-refractivity contribution in [2.24, 2.45) is 0 Å². The SMILES string of the molecule is Cc1cc(Cl)ccc1C1C[C@@H](O)c2cc(Cl)ccc2O1. The average Bonchev–Trinajstić information content (AvgIpc) is 2.39. The normalized spacial score (nSPS) is 21.2. The molecule has 0 saturated carbocycles. The first-order valence-corrected chi connectivity index (χ1v) is 7.20. The minimum atomic E-state index is -0.572. The number of aliphatic hydroxyl groups is 1. The summed E-state index contributed by atoms with van der Waals surface area (Å²) in [5.41, 5.74) is 2.86. The van der Waals surface area contributed by atoms with Crippen LogP contribution in [0.5, 0.6) is 5.75 Å². The van der Waals surface area contributed by atoms with Crippen LogP contribution in [0.4, 0.5) is 0 Å². The number of benzene rings is 2. The van der Waals surface area contributed by atoms with Crippen LogP contribution in [0.15, 0.2) is 36.4 Å². The Balaban J connectivity index is 1.97. The molecule has 0 aliphatic carbocycles. The van der Waals surface area contributed by atoms with Crippen LogP contribution in [0.1, 0.15) is 35.3 Å². The van der Waals surface area contributed by atoms with Gasteiger partial charge in [-0.2, -0.15) is 0 Å². The zero-order valence-corrected chi connectivity index (χ0v) is 12.4. The third kappa shape index (κ3) is 2.51. The highest BCUT2D eigenvalue weighted by Gasteiger charge is 2.29. The number of rotatable bonds is 1. The van der Waals surface area contributed by atoms with Crippen LogP contribution in [-0.2, 0) is 0 Å². The van der Waals surface area contributed by atoms with Crippen molar-refractivity contribution in [1.29, 1.82) is 0 Å². The van der Waals surface area contributed by atoms with Gasteiger partial charge < -0.3 is 9.84 Å². The Hall–Kier alpha value is -1.22. The number of aryl methyl sites for hydroxylation is 1. The van der Waals surface area contributed by atoms with Crippen molar-refractivity contribution >= 4 is 23.2 Å². The van der Waals surface area contributed by atoms with Crippen molar-refractivity contribution in [3.63, 3.8) is 0 Å². The molecule has 0 fully saturated rings. The van der Waals surface area contributed by atoms with Crippen molar-refractivity contribution < 1.29 is 9.84 Å². The van der Waals surface area contributed by atoms with E-state index in [2.05, 4.69) is 0 Å². The highest BCUT2D eigenvalue weighted by atomic mass is 35.5. The van der Waals surface area contributed by atoms with Gasteiger partial charge in [0.05, 0.1) is 6.10 Å². The number of fused-ring (bicyclic) bond motifs is 1. The molecule has 2 nitrogen and oxygen atoms in total. The van der Waals surface area contributed by atoms with Crippen LogP contribution in [0.2, 0.25) is 10.0 Å². The van der Waals surface area contributed by atoms with Gasteiger partial charge in [-0.25, -0.2) is 0 Å². The Morgan fingerprint density at radius 3 is 2.50 bits per heavy atom. The first-order chi connectivity index (χ1) is 9.54. The van der Waals surface area contributed by atoms with E-state index < -0.39 is 6.10 Å². The standard InChI is InChI=1S/C16H14Cl2O2/c1-9-6-10(17)2-4-12(9)16-8-14(19)13-7-11(18)3-5-15(13)20-16/h2-7,14,16,19H,8H2,1H3/t14-,16?/m1/s1. The summed E-state index contributed by atoms with van der Waals surface area (Å²) in [5, 5.41) is 11.6. The summed E-state index contributed by atoms with van der Waals surface area (Å²) in [7, 11) is 0. The zero-order chi connectivity index (χ0) is 14.3. The fourth-order valence-electron chi connectivity index (χ4n) is 2.61. The molecule has 1 aliphatic rings. The molecule has 104 valence electrons. The van der Waals surface area contributed by atoms with E-state index in [9.17, 15) is 5.11 Å². The fraction of sp³-hybridized carbons (Fsp3) is 0.250. The van der Waals surface area contributed by atoms with Gasteiger partial charge in [0.15, 0.2) is 0 Å². The second-order valence-electron chi connectivity index (χ2n) is 5.04. The van der Waals surface area contributed by atoms with E-state index in [-0.39, 0.29) is 6.10 Å². The summed E-state index contributed by atoms with van der Waals surface area (Å²) in [5.74, 6) is 0.688. The molecule has 1 heterocycles. The second-order valence-corrected chi connectivity index (χ2v) is 5.91. The lowest BCUT2D eigenvalue weighted by molar-refractivity contribution is 0.0655. The molecule has 0 amide bonds. The molecule has 1 unspecified atom stereocenters. The van der Waals surface area contributed by atoms with E-state index in [1.807, 2.05) is 25.1 Å². The number of hydrogen-bond acceptors (Lipinski definition) is 2. The molecular weight excluding hydrogens is 295 g/mol. The summed E-state index contributed by atoms with van der Waals surface area (Å²) in [4.78, 5) is 0. The van der Waals surface area contributed by atoms with Crippen LogP contribution >= 0.6 is 23.2 Å². The first-order valence-electron chi connectivity index (χ1n) is 6.45. The van der Waals surface area contributed by atoms with E-state index in [0.717, 1.165) is 16.7 Å². The van der Waals surface area contributed by atoms with Crippen LogP contribution in [0, 0.1) is 6.92 Å². The van der Waals surface area contributed by atoms with E-state index in [4.69, 9.17) is 27.9 Å². The largest absolute Gasteiger partial charge is 0.485 e. The zero-order valence-electron chi connectivity index (χ0n) is 10.9. The van der Waals surface area contributed by atoms with Gasteiger partial charge in [-0.3, -0.25) is 0 Å². The van der Waals surface area contributed by atoms with Gasteiger partial charge >= 0.3 is 0 Å². The number of ether oxygens (including phenoxy) is 1. The molecule has 0 bridgehead atoms. The van der Waals surface area contributed by atoms with Crippen molar-refractivity contribution in [2.45, 2.75) is 25.6 Å². The molecule has 0 radical (unpaired) electrons. The summed E-state index contributed by atoms with van der Waals surface area (Å²) >= 11 is 11.9. The maximum Gasteiger partial charge on any atom is 0.127 e. The van der Waals surface area contributed by atoms with Crippen molar-refractivity contribution in [1.82, 2.24) is 0 Å². The van der Waals surface area contributed by atoms with Crippen molar-refractivity contribution in [3.8, 4) is 5.75 Å². The number of halogens is 2. The smallest absolute Gasteiger partial charge is 0.127 e. The molecule has 2 atom stereocenters. The second kappa shape index (κ2) is 5.28. The molecule has 3 rings (SSSR count). The third-order valence-corrected chi connectivity index (χ3v) is 4.09. The molecule has 20 heavy (non-hydrogen) atoms. The van der Waals surface area contributed by atoms with Crippen LogP contribution < -0.4 is 4.74 Å². The van der Waals surface area contributed by atoms with Crippen LogP contribution in [0.25, 0.3) is 0 Å². The van der Waals surface area contributed by atoms with Gasteiger partial charge in [-0.15, -0.1) is 0 Å². The fourth-order valence-corrected chi connectivity index (χ4v) is 3.02. The molecule has 4 heteroatoms. The molecule has 2 aromatic carbocycles. The monoisotopic (exact) mass is 308 g/mol. The number of hydrogen-bond donors (Lipinski definition) is 1. The van der Waals surface area contributed by atoms with Crippen molar-refractivity contribution in [2.75, 3.05) is 0 Å². The summed E-state index contributed by atoms with van der Waals surface area (Å²) in [6.07, 6.45) is -0.232. The van der Waals surface area contributed by atoms with E-state index in [0.29, 0.717) is 22.2 Å². The summed E-state index contributed by atoms with van der Waals surface area (Å²) < 4.78 is 6.00. The highest BCUT2D eigenvalue weighted by Crippen LogP contribution is 2.42. The quantitative estimate of drug-likeness (QED) is 0.815. The van der Waals surface area contributed by atoms with Gasteiger partial charge in [-0.05, 0) is 48.4 Å². The van der Waals surface area contributed by atoms with E-state index >= 15 is 0 Å². The Morgan fingerprint density at radius 1 is 1.05 bits per heavy atom. The average molecular weight is 309 g/mol. The predicted molar refractivity (Wildman–Crippen MR) is 80.6 cm³/mol. The first kappa shape index (κ1) is 13.7. The van der Waals surface area contributed by atoms with Gasteiger partial charge in [0.1, 0.15) is 11.9 Å². The summed E-state index contributed by atoms with van der Waals surface area (Å²) in [6.45, 7) is 1.99. The van der Waals surface area contributed by atoms with Gasteiger partial charge in [0, 0.05) is 22.0 Å². The lowest BCUT2D eigenvalue weighted by Gasteiger charge is -2.30. The van der Waals surface area contributed by atoms with Crippen LogP contribution in [-0.4, -0.2) is 5.11 Å². The van der Waals surface area contributed by atoms with Gasteiger partial charge in [0.2, 0.25) is 0 Å². The molecule has 1 N–H and O–H groups in total. The lowest BCUT2D eigenvalue weighted by Crippen LogP contribution is -2.19. The Kier molecular flexibility index (Phi) is 3.63.